The number of rotatable bonds is 4. The summed E-state index contributed by atoms with van der Waals surface area (Å²) in [7, 11) is 0. The maximum absolute atomic E-state index is 3.51. The number of aryl methyl sites for hydroxylation is 6. The van der Waals surface area contributed by atoms with E-state index in [2.05, 4.69) is 125 Å². The zero-order valence-corrected chi connectivity index (χ0v) is 20.9. The molecule has 0 aliphatic rings. The predicted molar refractivity (Wildman–Crippen MR) is 145 cm³/mol. The van der Waals surface area contributed by atoms with Gasteiger partial charge in [-0.3, -0.25) is 0 Å². The van der Waals surface area contributed by atoms with Crippen molar-refractivity contribution in [1.82, 2.24) is 9.97 Å². The van der Waals surface area contributed by atoms with Gasteiger partial charge in [-0.25, -0.2) is 0 Å². The first-order valence-electron chi connectivity index (χ1n) is 11.9. The lowest BCUT2D eigenvalue weighted by Gasteiger charge is -2.09. The topological polar surface area (TPSA) is 31.6 Å². The van der Waals surface area contributed by atoms with E-state index in [1.165, 1.54) is 66.8 Å². The van der Waals surface area contributed by atoms with Crippen LogP contribution in [0.25, 0.3) is 44.8 Å². The summed E-state index contributed by atoms with van der Waals surface area (Å²) in [6.45, 7) is 13.1. The second-order valence-electron chi connectivity index (χ2n) is 9.73. The molecule has 5 aromatic rings. The third-order valence-corrected chi connectivity index (χ3v) is 6.78. The predicted octanol–water partition coefficient (Wildman–Crippen LogP) is 8.86. The van der Waals surface area contributed by atoms with Gasteiger partial charge in [-0.05, 0) is 104 Å². The third kappa shape index (κ3) is 4.01. The quantitative estimate of drug-likeness (QED) is 0.277. The number of aromatic nitrogens is 2. The Morgan fingerprint density at radius 2 is 0.824 bits per heavy atom. The van der Waals surface area contributed by atoms with Gasteiger partial charge in [0, 0.05) is 34.9 Å². The molecule has 0 spiro atoms. The third-order valence-electron chi connectivity index (χ3n) is 6.78. The lowest BCUT2D eigenvalue weighted by Crippen LogP contribution is -1.88. The summed E-state index contributed by atoms with van der Waals surface area (Å²) in [5.41, 5.74) is 17.6. The Hall–Kier alpha value is -3.78. The van der Waals surface area contributed by atoms with Crippen LogP contribution in [0.1, 0.15) is 33.4 Å². The molecule has 5 rings (SSSR count). The van der Waals surface area contributed by atoms with E-state index in [0.29, 0.717) is 0 Å². The van der Waals surface area contributed by atoms with Crippen molar-refractivity contribution >= 4 is 0 Å². The van der Waals surface area contributed by atoms with Crippen LogP contribution in [0.2, 0.25) is 0 Å². The maximum Gasteiger partial charge on any atom is 0.0460 e. The zero-order valence-electron chi connectivity index (χ0n) is 20.9. The van der Waals surface area contributed by atoms with Crippen molar-refractivity contribution in [2.45, 2.75) is 41.5 Å². The fraction of sp³-hybridized carbons (Fsp3) is 0.188. The minimum Gasteiger partial charge on any atom is -0.361 e. The number of hydrogen-bond acceptors (Lipinski definition) is 0. The molecule has 0 atom stereocenters. The van der Waals surface area contributed by atoms with E-state index in [4.69, 9.17) is 0 Å². The highest BCUT2D eigenvalue weighted by molar-refractivity contribution is 5.80. The van der Waals surface area contributed by atoms with Crippen LogP contribution in [-0.4, -0.2) is 9.97 Å². The summed E-state index contributed by atoms with van der Waals surface area (Å²) < 4.78 is 0. The maximum atomic E-state index is 3.51. The van der Waals surface area contributed by atoms with Gasteiger partial charge in [-0.1, -0.05) is 53.6 Å². The largest absolute Gasteiger partial charge is 0.361 e. The summed E-state index contributed by atoms with van der Waals surface area (Å²) in [5.74, 6) is 0. The Balaban J connectivity index is 1.49. The van der Waals surface area contributed by atoms with Gasteiger partial charge in [0.15, 0.2) is 0 Å². The molecule has 0 saturated heterocycles. The Bertz CT molecular complexity index is 1350. The summed E-state index contributed by atoms with van der Waals surface area (Å²) in [6.07, 6.45) is 4.25. The van der Waals surface area contributed by atoms with E-state index in [9.17, 15) is 0 Å². The van der Waals surface area contributed by atoms with Gasteiger partial charge in [0.05, 0.1) is 0 Å². The fourth-order valence-corrected chi connectivity index (χ4v) is 5.54. The second-order valence-corrected chi connectivity index (χ2v) is 9.73. The number of H-pyrrole nitrogens is 2. The SMILES string of the molecule is Cc1cc(C)c(-c2c[nH]c(-c3cccc(-c4cc(-c5c(C)cc(C)cc5C)c[nH]4)c3)c2)c(C)c1. The Kier molecular flexibility index (Phi) is 5.53. The van der Waals surface area contributed by atoms with E-state index >= 15 is 0 Å². The summed E-state index contributed by atoms with van der Waals surface area (Å²) in [6, 6.07) is 22.3. The molecule has 0 bridgehead atoms. The number of benzene rings is 3. The van der Waals surface area contributed by atoms with Gasteiger partial charge in [0.2, 0.25) is 0 Å². The highest BCUT2D eigenvalue weighted by Crippen LogP contribution is 2.35. The van der Waals surface area contributed by atoms with Gasteiger partial charge in [0.1, 0.15) is 0 Å². The number of nitrogens with one attached hydrogen (secondary N) is 2. The average molecular weight is 445 g/mol. The molecule has 34 heavy (non-hydrogen) atoms. The molecular formula is C32H32N2. The molecule has 2 heteroatoms. The molecule has 3 aromatic carbocycles. The van der Waals surface area contributed by atoms with Crippen LogP contribution < -0.4 is 0 Å². The molecule has 2 heterocycles. The monoisotopic (exact) mass is 444 g/mol. The number of aromatic amines is 2. The van der Waals surface area contributed by atoms with Crippen molar-refractivity contribution in [2.24, 2.45) is 0 Å². The molecule has 2 N–H and O–H groups in total. The summed E-state index contributed by atoms with van der Waals surface area (Å²) in [5, 5.41) is 0. The van der Waals surface area contributed by atoms with E-state index < -0.39 is 0 Å². The van der Waals surface area contributed by atoms with Crippen LogP contribution in [0.3, 0.4) is 0 Å². The van der Waals surface area contributed by atoms with Crippen LogP contribution in [0.4, 0.5) is 0 Å². The van der Waals surface area contributed by atoms with Crippen molar-refractivity contribution in [1.29, 1.82) is 0 Å². The van der Waals surface area contributed by atoms with Crippen LogP contribution >= 0.6 is 0 Å². The molecule has 0 radical (unpaired) electrons. The molecule has 2 aromatic heterocycles. The zero-order chi connectivity index (χ0) is 24.0. The van der Waals surface area contributed by atoms with Crippen molar-refractivity contribution in [3.05, 3.63) is 106 Å². The van der Waals surface area contributed by atoms with Crippen LogP contribution in [-0.2, 0) is 0 Å². The highest BCUT2D eigenvalue weighted by Gasteiger charge is 2.12. The van der Waals surface area contributed by atoms with Gasteiger partial charge in [-0.15, -0.1) is 0 Å². The molecule has 0 aliphatic carbocycles. The Labute approximate surface area is 202 Å². The van der Waals surface area contributed by atoms with Crippen LogP contribution in [0.5, 0.6) is 0 Å². The molecular weight excluding hydrogens is 412 g/mol. The molecule has 0 amide bonds. The standard InChI is InChI=1S/C32H32N2/c1-19-10-21(3)31(22(4)11-19)27-15-29(33-17-27)25-8-7-9-26(14-25)30-16-28(18-34-30)32-23(5)12-20(2)13-24(32)6/h7-18,33-34H,1-6H3. The lowest BCUT2D eigenvalue weighted by molar-refractivity contribution is 1.32. The first kappa shape index (κ1) is 22.0. The van der Waals surface area contributed by atoms with Gasteiger partial charge < -0.3 is 9.97 Å². The van der Waals surface area contributed by atoms with Crippen molar-refractivity contribution in [3.8, 4) is 44.8 Å². The summed E-state index contributed by atoms with van der Waals surface area (Å²) >= 11 is 0. The summed E-state index contributed by atoms with van der Waals surface area (Å²) in [4.78, 5) is 7.02. The van der Waals surface area contributed by atoms with Gasteiger partial charge in [0.25, 0.3) is 0 Å². The molecule has 170 valence electrons. The molecule has 2 nitrogen and oxygen atoms in total. The molecule has 0 aliphatic heterocycles. The molecule has 0 saturated carbocycles. The smallest absolute Gasteiger partial charge is 0.0460 e. The number of hydrogen-bond donors (Lipinski definition) is 2. The first-order chi connectivity index (χ1) is 16.3. The fourth-order valence-electron chi connectivity index (χ4n) is 5.54. The minimum atomic E-state index is 1.13. The first-order valence-corrected chi connectivity index (χ1v) is 11.9. The van der Waals surface area contributed by atoms with Crippen molar-refractivity contribution in [2.75, 3.05) is 0 Å². The van der Waals surface area contributed by atoms with E-state index in [1.807, 2.05) is 0 Å². The van der Waals surface area contributed by atoms with Crippen molar-refractivity contribution in [3.63, 3.8) is 0 Å². The van der Waals surface area contributed by atoms with Crippen LogP contribution in [0.15, 0.2) is 73.1 Å². The average Bonchev–Trinajstić information content (AvgIpc) is 3.43. The highest BCUT2D eigenvalue weighted by atomic mass is 14.7. The normalized spacial score (nSPS) is 11.2. The Morgan fingerprint density at radius 3 is 1.21 bits per heavy atom. The molecule has 0 fully saturated rings. The van der Waals surface area contributed by atoms with E-state index in [-0.39, 0.29) is 0 Å². The molecule has 0 unspecified atom stereocenters. The van der Waals surface area contributed by atoms with E-state index in [0.717, 1.165) is 11.4 Å². The van der Waals surface area contributed by atoms with Crippen molar-refractivity contribution < 1.29 is 0 Å². The second kappa shape index (κ2) is 8.53. The minimum absolute atomic E-state index is 1.13. The van der Waals surface area contributed by atoms with Gasteiger partial charge in [-0.2, -0.15) is 0 Å². The Morgan fingerprint density at radius 1 is 0.441 bits per heavy atom. The van der Waals surface area contributed by atoms with Gasteiger partial charge >= 0.3 is 0 Å². The van der Waals surface area contributed by atoms with E-state index in [1.54, 1.807) is 0 Å². The lowest BCUT2D eigenvalue weighted by atomic mass is 9.94. The van der Waals surface area contributed by atoms with Crippen LogP contribution in [0, 0.1) is 41.5 Å².